The van der Waals surface area contributed by atoms with Crippen LogP contribution in [0.25, 0.3) is 11.5 Å². The largest absolute Gasteiger partial charge is 0.304 e. The molecule has 0 radical (unpaired) electrons. The predicted molar refractivity (Wildman–Crippen MR) is 85.2 cm³/mol. The topological polar surface area (TPSA) is 43.6 Å². The Balaban J connectivity index is 1.81. The molecule has 0 fully saturated rings. The van der Waals surface area contributed by atoms with Gasteiger partial charge < -0.3 is 4.57 Å². The minimum atomic E-state index is -0.313. The number of hydrogen-bond donors (Lipinski definition) is 0. The van der Waals surface area contributed by atoms with Gasteiger partial charge in [-0.1, -0.05) is 35.5 Å². The van der Waals surface area contributed by atoms with Crippen molar-refractivity contribution in [3.05, 3.63) is 59.0 Å². The van der Waals surface area contributed by atoms with Crippen LogP contribution < -0.4 is 0 Å². The van der Waals surface area contributed by atoms with Crippen molar-refractivity contribution in [2.75, 3.05) is 0 Å². The lowest BCUT2D eigenvalue weighted by molar-refractivity contribution is 0.617. The Kier molecular flexibility index (Phi) is 4.40. The molecule has 0 amide bonds. The van der Waals surface area contributed by atoms with Crippen molar-refractivity contribution in [1.29, 1.82) is 0 Å². The van der Waals surface area contributed by atoms with E-state index < -0.39 is 0 Å². The molecule has 1 aromatic carbocycles. The predicted octanol–water partition coefficient (Wildman–Crippen LogP) is 3.96. The van der Waals surface area contributed by atoms with Crippen molar-refractivity contribution in [3.63, 3.8) is 0 Å². The molecule has 0 saturated heterocycles. The Bertz CT molecular complexity index is 771. The molecular weight excluding hydrogens is 323 g/mol. The van der Waals surface area contributed by atoms with Crippen LogP contribution in [0.2, 0.25) is 5.02 Å². The van der Waals surface area contributed by atoms with Gasteiger partial charge in [-0.25, -0.2) is 4.39 Å². The van der Waals surface area contributed by atoms with E-state index in [1.807, 2.05) is 29.8 Å². The summed E-state index contributed by atoms with van der Waals surface area (Å²) >= 11 is 7.41. The molecule has 4 nitrogen and oxygen atoms in total. The average molecular weight is 335 g/mol. The van der Waals surface area contributed by atoms with Crippen LogP contribution in [-0.4, -0.2) is 19.7 Å². The number of rotatable bonds is 4. The lowest BCUT2D eigenvalue weighted by Crippen LogP contribution is -1.97. The van der Waals surface area contributed by atoms with E-state index in [-0.39, 0.29) is 5.82 Å². The third-order valence-corrected chi connectivity index (χ3v) is 4.54. The van der Waals surface area contributed by atoms with E-state index in [1.165, 1.54) is 17.8 Å². The lowest BCUT2D eigenvalue weighted by atomic mass is 10.2. The number of halogens is 2. The minimum Gasteiger partial charge on any atom is -0.304 e. The molecule has 0 aliphatic heterocycles. The summed E-state index contributed by atoms with van der Waals surface area (Å²) in [6.45, 7) is 0. The number of pyridine rings is 1. The van der Waals surface area contributed by atoms with Crippen LogP contribution >= 0.6 is 23.4 Å². The Labute approximate surface area is 136 Å². The highest BCUT2D eigenvalue weighted by molar-refractivity contribution is 7.98. The maximum atomic E-state index is 13.8. The van der Waals surface area contributed by atoms with Gasteiger partial charge in [-0.15, -0.1) is 10.2 Å². The van der Waals surface area contributed by atoms with Gasteiger partial charge >= 0.3 is 0 Å². The average Bonchev–Trinajstić information content (AvgIpc) is 2.89. The molecule has 0 bridgehead atoms. The summed E-state index contributed by atoms with van der Waals surface area (Å²) in [4.78, 5) is 4.26. The smallest absolute Gasteiger partial charge is 0.191 e. The molecule has 7 heteroatoms. The summed E-state index contributed by atoms with van der Waals surface area (Å²) < 4.78 is 15.6. The van der Waals surface area contributed by atoms with E-state index >= 15 is 0 Å². The molecule has 2 heterocycles. The van der Waals surface area contributed by atoms with Crippen molar-refractivity contribution < 1.29 is 4.39 Å². The van der Waals surface area contributed by atoms with Gasteiger partial charge in [0.05, 0.1) is 0 Å². The Hall–Kier alpha value is -1.92. The molecule has 2 aromatic heterocycles. The van der Waals surface area contributed by atoms with Gasteiger partial charge in [0.1, 0.15) is 11.5 Å². The van der Waals surface area contributed by atoms with Gasteiger partial charge in [0.2, 0.25) is 0 Å². The number of thioether (sulfide) groups is 1. The molecule has 0 N–H and O–H groups in total. The van der Waals surface area contributed by atoms with Crippen molar-refractivity contribution in [3.8, 4) is 11.5 Å². The van der Waals surface area contributed by atoms with Gasteiger partial charge in [-0.2, -0.15) is 0 Å². The van der Waals surface area contributed by atoms with E-state index in [4.69, 9.17) is 11.6 Å². The Morgan fingerprint density at radius 1 is 1.18 bits per heavy atom. The third kappa shape index (κ3) is 2.98. The van der Waals surface area contributed by atoms with Crippen LogP contribution in [-0.2, 0) is 12.8 Å². The maximum Gasteiger partial charge on any atom is 0.191 e. The second-order valence-corrected chi connectivity index (χ2v) is 5.92. The van der Waals surface area contributed by atoms with Crippen molar-refractivity contribution in [1.82, 2.24) is 19.7 Å². The summed E-state index contributed by atoms with van der Waals surface area (Å²) in [5, 5.41) is 9.38. The normalized spacial score (nSPS) is 10.9. The van der Waals surface area contributed by atoms with E-state index in [0.29, 0.717) is 27.3 Å². The van der Waals surface area contributed by atoms with Gasteiger partial charge in [-0.05, 0) is 24.3 Å². The standard InChI is InChI=1S/C15H12ClFN4S/c1-21-14(13-7-2-3-8-18-13)19-20-15(21)22-9-10-11(16)5-4-6-12(10)17/h2-8H,9H2,1H3. The second kappa shape index (κ2) is 6.46. The zero-order valence-electron chi connectivity index (χ0n) is 11.7. The van der Waals surface area contributed by atoms with Gasteiger partial charge in [0.15, 0.2) is 11.0 Å². The Morgan fingerprint density at radius 3 is 2.77 bits per heavy atom. The number of aromatic nitrogens is 4. The van der Waals surface area contributed by atoms with Gasteiger partial charge in [0.25, 0.3) is 0 Å². The highest BCUT2D eigenvalue weighted by Crippen LogP contribution is 2.28. The van der Waals surface area contributed by atoms with E-state index in [1.54, 1.807) is 18.3 Å². The monoisotopic (exact) mass is 334 g/mol. The molecule has 0 atom stereocenters. The first-order valence-corrected chi connectivity index (χ1v) is 7.89. The molecule has 112 valence electrons. The molecule has 0 spiro atoms. The summed E-state index contributed by atoms with van der Waals surface area (Å²) in [6, 6.07) is 10.3. The van der Waals surface area contributed by atoms with Gasteiger partial charge in [0, 0.05) is 29.6 Å². The molecular formula is C15H12ClFN4S. The first-order valence-electron chi connectivity index (χ1n) is 6.53. The van der Waals surface area contributed by atoms with Crippen molar-refractivity contribution in [2.45, 2.75) is 10.9 Å². The fourth-order valence-corrected chi connectivity index (χ4v) is 3.22. The number of benzene rings is 1. The van der Waals surface area contributed by atoms with Crippen molar-refractivity contribution >= 4 is 23.4 Å². The zero-order chi connectivity index (χ0) is 15.5. The van der Waals surface area contributed by atoms with E-state index in [9.17, 15) is 4.39 Å². The van der Waals surface area contributed by atoms with Crippen LogP contribution in [0.5, 0.6) is 0 Å². The quantitative estimate of drug-likeness (QED) is 0.677. The maximum absolute atomic E-state index is 13.8. The third-order valence-electron chi connectivity index (χ3n) is 3.14. The molecule has 0 saturated carbocycles. The molecule has 3 aromatic rings. The number of hydrogen-bond acceptors (Lipinski definition) is 4. The fraction of sp³-hybridized carbons (Fsp3) is 0.133. The zero-order valence-corrected chi connectivity index (χ0v) is 13.3. The Morgan fingerprint density at radius 2 is 2.05 bits per heavy atom. The summed E-state index contributed by atoms with van der Waals surface area (Å²) in [6.07, 6.45) is 1.70. The van der Waals surface area contributed by atoms with Crippen LogP contribution in [0.4, 0.5) is 4.39 Å². The molecule has 0 aliphatic rings. The van der Waals surface area contributed by atoms with Crippen LogP contribution in [0, 0.1) is 5.82 Å². The van der Waals surface area contributed by atoms with Crippen LogP contribution in [0.3, 0.4) is 0 Å². The fourth-order valence-electron chi connectivity index (χ4n) is 1.97. The van der Waals surface area contributed by atoms with E-state index in [0.717, 1.165) is 5.69 Å². The first kappa shape index (κ1) is 15.0. The SMILES string of the molecule is Cn1c(SCc2c(F)cccc2Cl)nnc1-c1ccccn1. The summed E-state index contributed by atoms with van der Waals surface area (Å²) in [5.41, 5.74) is 1.21. The second-order valence-electron chi connectivity index (χ2n) is 4.57. The molecule has 22 heavy (non-hydrogen) atoms. The molecule has 0 unspecified atom stereocenters. The molecule has 0 aliphatic carbocycles. The first-order chi connectivity index (χ1) is 10.7. The van der Waals surface area contributed by atoms with Gasteiger partial charge in [-0.3, -0.25) is 4.98 Å². The van der Waals surface area contributed by atoms with Crippen molar-refractivity contribution in [2.24, 2.45) is 7.05 Å². The van der Waals surface area contributed by atoms with E-state index in [2.05, 4.69) is 15.2 Å². The van der Waals surface area contributed by atoms with Crippen LogP contribution in [0.1, 0.15) is 5.56 Å². The lowest BCUT2D eigenvalue weighted by Gasteiger charge is -2.06. The number of nitrogens with zero attached hydrogens (tertiary/aromatic N) is 4. The minimum absolute atomic E-state index is 0.313. The highest BCUT2D eigenvalue weighted by Gasteiger charge is 2.14. The summed E-state index contributed by atoms with van der Waals surface area (Å²) in [7, 11) is 1.86. The highest BCUT2D eigenvalue weighted by atomic mass is 35.5. The molecule has 3 rings (SSSR count). The summed E-state index contributed by atoms with van der Waals surface area (Å²) in [5.74, 6) is 0.745. The van der Waals surface area contributed by atoms with Crippen LogP contribution in [0.15, 0.2) is 47.8 Å².